The van der Waals surface area contributed by atoms with Gasteiger partial charge in [-0.2, -0.15) is 10.3 Å². The van der Waals surface area contributed by atoms with Crippen LogP contribution in [-0.2, 0) is 15.9 Å². The van der Waals surface area contributed by atoms with E-state index in [0.29, 0.717) is 17.0 Å². The number of rotatable bonds is 1. The number of nitrogens with zero attached hydrogens (tertiary/aromatic N) is 2. The van der Waals surface area contributed by atoms with Gasteiger partial charge in [0, 0.05) is 5.56 Å². The van der Waals surface area contributed by atoms with Crippen molar-refractivity contribution in [2.75, 3.05) is 0 Å². The quantitative estimate of drug-likeness (QED) is 0.718. The number of benzene rings is 1. The van der Waals surface area contributed by atoms with E-state index in [0.717, 1.165) is 5.56 Å². The van der Waals surface area contributed by atoms with Crippen LogP contribution in [-0.4, -0.2) is 39.7 Å². The molecule has 0 spiro atoms. The normalized spacial score (nSPS) is 18.9. The number of hydrogen-bond donors (Lipinski definition) is 1. The number of ketones is 1. The molecule has 0 fully saturated rings. The summed E-state index contributed by atoms with van der Waals surface area (Å²) in [7, 11) is 0. The van der Waals surface area contributed by atoms with Crippen molar-refractivity contribution < 1.29 is 23.9 Å². The van der Waals surface area contributed by atoms with Gasteiger partial charge in [-0.3, -0.25) is 4.79 Å². The molecular weight excluding hydrogens is 374 g/mol. The molecule has 1 aliphatic carbocycles. The van der Waals surface area contributed by atoms with Gasteiger partial charge in [0.25, 0.3) is 0 Å². The summed E-state index contributed by atoms with van der Waals surface area (Å²) in [5.74, 6) is -0.580. The second-order valence-corrected chi connectivity index (χ2v) is 8.89. The number of nitrogens with one attached hydrogen (secondary N) is 1. The van der Waals surface area contributed by atoms with Crippen molar-refractivity contribution in [3.05, 3.63) is 35.4 Å². The third-order valence-electron chi connectivity index (χ3n) is 4.14. The van der Waals surface area contributed by atoms with Crippen LogP contribution in [0.1, 0.15) is 63.9 Å². The van der Waals surface area contributed by atoms with Gasteiger partial charge in [0.1, 0.15) is 17.3 Å². The minimum atomic E-state index is -1.95. The smallest absolute Gasteiger partial charge is 0.431 e. The van der Waals surface area contributed by atoms with E-state index in [-0.39, 0.29) is 6.42 Å². The first-order chi connectivity index (χ1) is 13.3. The Morgan fingerprint density at radius 1 is 1.10 bits per heavy atom. The summed E-state index contributed by atoms with van der Waals surface area (Å²) in [5.41, 5.74) is -0.309. The van der Waals surface area contributed by atoms with E-state index in [9.17, 15) is 19.6 Å². The Kier molecular flexibility index (Phi) is 5.93. The van der Waals surface area contributed by atoms with Crippen LogP contribution in [0.4, 0.5) is 9.59 Å². The molecule has 1 atom stereocenters. The number of carbonyl (C=O) groups is 3. The summed E-state index contributed by atoms with van der Waals surface area (Å²) in [6.07, 6.45) is -1.60. The molecule has 2 rings (SSSR count). The molecule has 0 aliphatic heterocycles. The van der Waals surface area contributed by atoms with E-state index in [4.69, 9.17) is 9.47 Å². The molecule has 8 nitrogen and oxygen atoms in total. The van der Waals surface area contributed by atoms with Crippen LogP contribution in [0.5, 0.6) is 0 Å². The molecule has 2 amide bonds. The number of nitriles is 1. The minimum Gasteiger partial charge on any atom is -0.443 e. The van der Waals surface area contributed by atoms with Crippen molar-refractivity contribution >= 4 is 18.0 Å². The number of hydrazine groups is 1. The van der Waals surface area contributed by atoms with Crippen molar-refractivity contribution in [1.29, 1.82) is 5.26 Å². The highest BCUT2D eigenvalue weighted by Gasteiger charge is 2.52. The Morgan fingerprint density at radius 2 is 1.69 bits per heavy atom. The summed E-state index contributed by atoms with van der Waals surface area (Å²) in [6.45, 7) is 9.92. The lowest BCUT2D eigenvalue weighted by molar-refractivity contribution is -0.0191. The molecule has 1 N–H and O–H groups in total. The van der Waals surface area contributed by atoms with Gasteiger partial charge in [0.15, 0.2) is 0 Å². The highest BCUT2D eigenvalue weighted by atomic mass is 16.6. The molecule has 29 heavy (non-hydrogen) atoms. The molecule has 1 aromatic carbocycles. The van der Waals surface area contributed by atoms with Crippen molar-refractivity contribution in [2.45, 2.75) is 71.1 Å². The Hall–Kier alpha value is -3.08. The molecule has 1 unspecified atom stereocenters. The van der Waals surface area contributed by atoms with Crippen molar-refractivity contribution in [3.63, 3.8) is 0 Å². The maximum absolute atomic E-state index is 13.3. The number of ether oxygens (including phenoxy) is 2. The summed E-state index contributed by atoms with van der Waals surface area (Å²) in [5, 5.41) is 10.7. The zero-order valence-corrected chi connectivity index (χ0v) is 17.7. The number of amides is 2. The van der Waals surface area contributed by atoms with E-state index in [1.165, 1.54) is 0 Å². The van der Waals surface area contributed by atoms with Gasteiger partial charge in [0.05, 0.1) is 0 Å². The molecule has 0 bridgehead atoms. The molecule has 0 radical (unpaired) electrons. The third kappa shape index (κ3) is 5.05. The summed E-state index contributed by atoms with van der Waals surface area (Å²) < 4.78 is 10.6. The SMILES string of the molecule is CC(C)(C)OC(=O)NN(C(=O)OC(C)(C)C)C1(C#N)CCc2ccccc2C1=O. The van der Waals surface area contributed by atoms with Gasteiger partial charge in [-0.05, 0) is 59.9 Å². The molecule has 0 heterocycles. The fraction of sp³-hybridized carbons (Fsp3) is 0.524. The molecule has 1 aromatic rings. The number of carbonyl (C=O) groups excluding carboxylic acids is 3. The van der Waals surface area contributed by atoms with E-state index in [1.807, 2.05) is 6.07 Å². The van der Waals surface area contributed by atoms with E-state index in [2.05, 4.69) is 5.43 Å². The first-order valence-corrected chi connectivity index (χ1v) is 9.36. The average molecular weight is 401 g/mol. The number of aryl methyl sites for hydroxylation is 1. The molecule has 0 saturated carbocycles. The molecule has 0 aromatic heterocycles. The third-order valence-corrected chi connectivity index (χ3v) is 4.14. The van der Waals surface area contributed by atoms with Gasteiger partial charge >= 0.3 is 12.2 Å². The topological polar surface area (TPSA) is 109 Å². The van der Waals surface area contributed by atoms with Crippen LogP contribution < -0.4 is 5.43 Å². The van der Waals surface area contributed by atoms with Crippen LogP contribution in [0, 0.1) is 11.3 Å². The summed E-state index contributed by atoms with van der Waals surface area (Å²) >= 11 is 0. The zero-order chi connectivity index (χ0) is 22.0. The predicted molar refractivity (Wildman–Crippen MR) is 105 cm³/mol. The number of hydrogen-bond acceptors (Lipinski definition) is 6. The van der Waals surface area contributed by atoms with Crippen molar-refractivity contribution in [3.8, 4) is 6.07 Å². The molecular formula is C21H27N3O5. The molecule has 0 saturated heterocycles. The first-order valence-electron chi connectivity index (χ1n) is 9.36. The van der Waals surface area contributed by atoms with E-state index < -0.39 is 34.7 Å². The Balaban J connectivity index is 2.48. The lowest BCUT2D eigenvalue weighted by Gasteiger charge is -2.40. The lowest BCUT2D eigenvalue weighted by atomic mass is 9.77. The van der Waals surface area contributed by atoms with Crippen LogP contribution in [0.3, 0.4) is 0 Å². The van der Waals surface area contributed by atoms with Gasteiger partial charge in [-0.1, -0.05) is 24.3 Å². The Morgan fingerprint density at radius 3 is 2.24 bits per heavy atom. The first kappa shape index (κ1) is 22.2. The molecule has 156 valence electrons. The van der Waals surface area contributed by atoms with Gasteiger partial charge in [-0.15, -0.1) is 0 Å². The molecule has 1 aliphatic rings. The monoisotopic (exact) mass is 401 g/mol. The summed E-state index contributed by atoms with van der Waals surface area (Å²) in [4.78, 5) is 38.6. The standard InChI is InChI=1S/C21H27N3O5/c1-19(2,3)28-17(26)23-24(18(27)29-20(4,5)6)21(13-22)12-11-14-9-7-8-10-15(14)16(21)25/h7-10H,11-12H2,1-6H3,(H,23,26). The minimum absolute atomic E-state index is 0.00832. The predicted octanol–water partition coefficient (Wildman–Crippen LogP) is 3.75. The van der Waals surface area contributed by atoms with Gasteiger partial charge in [0.2, 0.25) is 11.3 Å². The van der Waals surface area contributed by atoms with Crippen LogP contribution in [0.2, 0.25) is 0 Å². The van der Waals surface area contributed by atoms with Crippen LogP contribution in [0.15, 0.2) is 24.3 Å². The average Bonchev–Trinajstić information content (AvgIpc) is 2.58. The number of Topliss-reactive ketones (excluding diaryl/α,β-unsaturated/α-hetero) is 1. The largest absolute Gasteiger partial charge is 0.443 e. The lowest BCUT2D eigenvalue weighted by Crippen LogP contribution is -2.65. The number of fused-ring (bicyclic) bond motifs is 1. The maximum Gasteiger partial charge on any atom is 0.431 e. The Bertz CT molecular complexity index is 860. The van der Waals surface area contributed by atoms with Crippen LogP contribution in [0.25, 0.3) is 0 Å². The second-order valence-electron chi connectivity index (χ2n) is 8.89. The highest BCUT2D eigenvalue weighted by Crippen LogP contribution is 2.33. The summed E-state index contributed by atoms with van der Waals surface area (Å²) in [6, 6.07) is 8.83. The second kappa shape index (κ2) is 7.74. The van der Waals surface area contributed by atoms with Crippen molar-refractivity contribution in [2.24, 2.45) is 0 Å². The fourth-order valence-corrected chi connectivity index (χ4v) is 2.98. The zero-order valence-electron chi connectivity index (χ0n) is 17.7. The maximum atomic E-state index is 13.3. The van der Waals surface area contributed by atoms with Gasteiger partial charge < -0.3 is 9.47 Å². The van der Waals surface area contributed by atoms with E-state index >= 15 is 0 Å². The Labute approximate surface area is 170 Å². The highest BCUT2D eigenvalue weighted by molar-refractivity contribution is 6.09. The van der Waals surface area contributed by atoms with Gasteiger partial charge in [-0.25, -0.2) is 15.0 Å². The van der Waals surface area contributed by atoms with Crippen LogP contribution >= 0.6 is 0 Å². The molecule has 8 heteroatoms. The van der Waals surface area contributed by atoms with Crippen molar-refractivity contribution in [1.82, 2.24) is 10.4 Å². The van der Waals surface area contributed by atoms with E-state index in [1.54, 1.807) is 65.8 Å². The fourth-order valence-electron chi connectivity index (χ4n) is 2.98.